The van der Waals surface area contributed by atoms with Crippen LogP contribution in [0.25, 0.3) is 22.3 Å². The highest BCUT2D eigenvalue weighted by molar-refractivity contribution is 5.65. The Morgan fingerprint density at radius 1 is 0.286 bits per heavy atom. The molecule has 0 atom stereocenters. The fourth-order valence-electron chi connectivity index (χ4n) is 7.51. The maximum atomic E-state index is 2.45. The van der Waals surface area contributed by atoms with Gasteiger partial charge >= 0.3 is 0 Å². The van der Waals surface area contributed by atoms with E-state index in [0.29, 0.717) is 0 Å². The molecule has 0 aromatic heterocycles. The van der Waals surface area contributed by atoms with E-state index in [2.05, 4.69) is 207 Å². The SMILES string of the molecule is CCN(Cc1ccc(-c2ccc(C)cc2)cc1)c1ccc(CCc2ccc(CCc3ccc(N(CC)Cc4ccc(-c5ccc(C)cc5)cc4)cc3)cc2)cc1. The maximum absolute atomic E-state index is 2.45. The molecule has 0 saturated heterocycles. The molecule has 2 heteroatoms. The number of rotatable bonds is 16. The van der Waals surface area contributed by atoms with Crippen LogP contribution in [0.1, 0.15) is 58.4 Å². The second kappa shape index (κ2) is 18.7. The van der Waals surface area contributed by atoms with Crippen molar-refractivity contribution in [3.8, 4) is 22.3 Å². The van der Waals surface area contributed by atoms with Gasteiger partial charge in [-0.2, -0.15) is 0 Å². The van der Waals surface area contributed by atoms with Gasteiger partial charge in [0.15, 0.2) is 0 Å². The van der Waals surface area contributed by atoms with Crippen LogP contribution >= 0.6 is 0 Å². The number of hydrogen-bond acceptors (Lipinski definition) is 2. The minimum absolute atomic E-state index is 0.907. The number of aryl methyl sites for hydroxylation is 6. The second-order valence-corrected chi connectivity index (χ2v) is 15.3. The molecule has 0 aliphatic heterocycles. The first-order chi connectivity index (χ1) is 27.4. The molecule has 0 heterocycles. The van der Waals surface area contributed by atoms with E-state index in [1.54, 1.807) is 0 Å². The summed E-state index contributed by atoms with van der Waals surface area (Å²) in [6, 6.07) is 63.3. The van der Waals surface area contributed by atoms with Gasteiger partial charge in [0, 0.05) is 37.6 Å². The minimum Gasteiger partial charge on any atom is -0.367 e. The predicted octanol–water partition coefficient (Wildman–Crippen LogP) is 13.3. The summed E-state index contributed by atoms with van der Waals surface area (Å²) in [5.41, 5.74) is 18.5. The molecule has 56 heavy (non-hydrogen) atoms. The number of benzene rings is 7. The first-order valence-electron chi connectivity index (χ1n) is 20.5. The van der Waals surface area contributed by atoms with Crippen LogP contribution in [0, 0.1) is 13.8 Å². The summed E-state index contributed by atoms with van der Waals surface area (Å²) in [5.74, 6) is 0. The molecular weight excluding hydrogens is 677 g/mol. The topological polar surface area (TPSA) is 6.48 Å². The number of hydrogen-bond donors (Lipinski definition) is 0. The zero-order chi connectivity index (χ0) is 38.7. The lowest BCUT2D eigenvalue weighted by Gasteiger charge is -2.24. The van der Waals surface area contributed by atoms with Gasteiger partial charge in [-0.05, 0) is 133 Å². The highest BCUT2D eigenvalue weighted by Crippen LogP contribution is 2.25. The molecule has 7 aromatic carbocycles. The second-order valence-electron chi connectivity index (χ2n) is 15.3. The van der Waals surface area contributed by atoms with Gasteiger partial charge in [-0.1, -0.05) is 157 Å². The molecule has 0 N–H and O–H groups in total. The van der Waals surface area contributed by atoms with E-state index >= 15 is 0 Å². The molecule has 7 rings (SSSR count). The zero-order valence-electron chi connectivity index (χ0n) is 33.7. The van der Waals surface area contributed by atoms with Crippen molar-refractivity contribution >= 4 is 11.4 Å². The summed E-state index contributed by atoms with van der Waals surface area (Å²) >= 11 is 0. The Bertz CT molecular complexity index is 2070. The summed E-state index contributed by atoms with van der Waals surface area (Å²) in [7, 11) is 0. The summed E-state index contributed by atoms with van der Waals surface area (Å²) in [5, 5.41) is 0. The Balaban J connectivity index is 0.856. The van der Waals surface area contributed by atoms with Crippen molar-refractivity contribution in [3.63, 3.8) is 0 Å². The molecule has 0 bridgehead atoms. The summed E-state index contributed by atoms with van der Waals surface area (Å²) in [6.07, 6.45) is 4.20. The van der Waals surface area contributed by atoms with Gasteiger partial charge in [0.05, 0.1) is 0 Å². The quantitative estimate of drug-likeness (QED) is 0.0976. The normalized spacial score (nSPS) is 11.1. The molecule has 0 aliphatic rings. The van der Waals surface area contributed by atoms with E-state index in [1.165, 1.54) is 78.1 Å². The van der Waals surface area contributed by atoms with Crippen molar-refractivity contribution < 1.29 is 0 Å². The van der Waals surface area contributed by atoms with Crippen LogP contribution in [-0.4, -0.2) is 13.1 Å². The Kier molecular flexibility index (Phi) is 12.8. The predicted molar refractivity (Wildman–Crippen MR) is 241 cm³/mol. The standard InChI is InChI=1S/C54H56N2/c1-5-55(39-47-19-31-51(32-20-47)49-27-7-41(3)8-28-49)53-35-23-45(24-36-53)17-15-43-11-13-44(14-12-43)16-18-46-25-37-54(38-26-46)56(6-2)40-48-21-33-52(34-22-48)50-29-9-42(4)10-30-50/h7-14,19-38H,5-6,15-18,39-40H2,1-4H3. The molecule has 0 radical (unpaired) electrons. The Hall–Kier alpha value is -5.86. The lowest BCUT2D eigenvalue weighted by molar-refractivity contribution is 0.831. The van der Waals surface area contributed by atoms with Crippen LogP contribution in [-0.2, 0) is 38.8 Å². The summed E-state index contributed by atoms with van der Waals surface area (Å²) < 4.78 is 0. The summed E-state index contributed by atoms with van der Waals surface area (Å²) in [4.78, 5) is 4.90. The zero-order valence-corrected chi connectivity index (χ0v) is 33.7. The van der Waals surface area contributed by atoms with Crippen molar-refractivity contribution in [1.82, 2.24) is 0 Å². The molecule has 0 fully saturated rings. The van der Waals surface area contributed by atoms with Crippen molar-refractivity contribution in [1.29, 1.82) is 0 Å². The first-order valence-corrected chi connectivity index (χ1v) is 20.5. The third-order valence-corrected chi connectivity index (χ3v) is 11.2. The average molecular weight is 733 g/mol. The van der Waals surface area contributed by atoms with Crippen molar-refractivity contribution in [2.24, 2.45) is 0 Å². The highest BCUT2D eigenvalue weighted by atomic mass is 15.1. The van der Waals surface area contributed by atoms with Gasteiger partial charge in [0.2, 0.25) is 0 Å². The minimum atomic E-state index is 0.907. The Morgan fingerprint density at radius 2 is 0.518 bits per heavy atom. The molecule has 2 nitrogen and oxygen atoms in total. The van der Waals surface area contributed by atoms with E-state index < -0.39 is 0 Å². The third kappa shape index (κ3) is 10.3. The van der Waals surface area contributed by atoms with Crippen LogP contribution in [0.4, 0.5) is 11.4 Å². The molecular formula is C54H56N2. The van der Waals surface area contributed by atoms with Gasteiger partial charge in [-0.25, -0.2) is 0 Å². The van der Waals surface area contributed by atoms with E-state index in [9.17, 15) is 0 Å². The fraction of sp³-hybridized carbons (Fsp3) is 0.222. The molecule has 7 aromatic rings. The molecule has 0 spiro atoms. The number of anilines is 2. The van der Waals surface area contributed by atoms with Crippen LogP contribution in [0.15, 0.2) is 170 Å². The third-order valence-electron chi connectivity index (χ3n) is 11.2. The smallest absolute Gasteiger partial charge is 0.0429 e. The highest BCUT2D eigenvalue weighted by Gasteiger charge is 2.09. The summed E-state index contributed by atoms with van der Waals surface area (Å²) in [6.45, 7) is 12.5. The molecule has 0 amide bonds. The van der Waals surface area contributed by atoms with Crippen LogP contribution in [0.5, 0.6) is 0 Å². The van der Waals surface area contributed by atoms with E-state index in [0.717, 1.165) is 51.9 Å². The number of nitrogens with zero attached hydrogens (tertiary/aromatic N) is 2. The van der Waals surface area contributed by atoms with Crippen molar-refractivity contribution in [2.75, 3.05) is 22.9 Å². The molecule has 282 valence electrons. The maximum Gasteiger partial charge on any atom is 0.0429 e. The van der Waals surface area contributed by atoms with Crippen LogP contribution < -0.4 is 9.80 Å². The van der Waals surface area contributed by atoms with E-state index in [1.807, 2.05) is 0 Å². The van der Waals surface area contributed by atoms with E-state index in [4.69, 9.17) is 0 Å². The van der Waals surface area contributed by atoms with Crippen LogP contribution in [0.3, 0.4) is 0 Å². The fourth-order valence-corrected chi connectivity index (χ4v) is 7.51. The Labute approximate surface area is 336 Å². The van der Waals surface area contributed by atoms with Gasteiger partial charge in [0.25, 0.3) is 0 Å². The van der Waals surface area contributed by atoms with Crippen LogP contribution in [0.2, 0.25) is 0 Å². The molecule has 0 unspecified atom stereocenters. The Morgan fingerprint density at radius 3 is 0.786 bits per heavy atom. The average Bonchev–Trinajstić information content (AvgIpc) is 3.25. The van der Waals surface area contributed by atoms with Crippen molar-refractivity contribution in [2.45, 2.75) is 66.5 Å². The van der Waals surface area contributed by atoms with Gasteiger partial charge in [-0.3, -0.25) is 0 Å². The van der Waals surface area contributed by atoms with E-state index in [-0.39, 0.29) is 0 Å². The largest absolute Gasteiger partial charge is 0.367 e. The lowest BCUT2D eigenvalue weighted by Crippen LogP contribution is -2.21. The lowest BCUT2D eigenvalue weighted by atomic mass is 10.00. The van der Waals surface area contributed by atoms with Gasteiger partial charge in [-0.15, -0.1) is 0 Å². The van der Waals surface area contributed by atoms with Crippen molar-refractivity contribution in [3.05, 3.63) is 214 Å². The first kappa shape index (κ1) is 38.4. The molecule has 0 aliphatic carbocycles. The van der Waals surface area contributed by atoms with Gasteiger partial charge < -0.3 is 9.80 Å². The molecule has 0 saturated carbocycles. The monoisotopic (exact) mass is 732 g/mol. The van der Waals surface area contributed by atoms with Gasteiger partial charge in [0.1, 0.15) is 0 Å².